The number of halogens is 1. The van der Waals surface area contributed by atoms with Crippen molar-refractivity contribution in [3.63, 3.8) is 0 Å². The van der Waals surface area contributed by atoms with Crippen LogP contribution in [0.3, 0.4) is 0 Å². The van der Waals surface area contributed by atoms with Crippen LogP contribution >= 0.6 is 15.9 Å². The first-order valence-corrected chi connectivity index (χ1v) is 7.00. The summed E-state index contributed by atoms with van der Waals surface area (Å²) < 4.78 is 7.29. The van der Waals surface area contributed by atoms with Crippen molar-refractivity contribution in [1.82, 2.24) is 4.57 Å². The monoisotopic (exact) mass is 346 g/mol. The second-order valence-electron chi connectivity index (χ2n) is 4.57. The van der Waals surface area contributed by atoms with Crippen LogP contribution in [-0.4, -0.2) is 10.5 Å². The highest BCUT2D eigenvalue weighted by Crippen LogP contribution is 2.18. The molecule has 3 aromatic rings. The second-order valence-corrected chi connectivity index (χ2v) is 5.49. The Morgan fingerprint density at radius 3 is 2.81 bits per heavy atom. The molecule has 3 rings (SSSR count). The third-order valence-electron chi connectivity index (χ3n) is 3.14. The van der Waals surface area contributed by atoms with Crippen LogP contribution in [0.1, 0.15) is 10.4 Å². The van der Waals surface area contributed by atoms with Gasteiger partial charge in [0.2, 0.25) is 0 Å². The molecule has 106 valence electrons. The number of carbonyl (C=O) groups is 1. The molecule has 1 amide bonds. The van der Waals surface area contributed by atoms with E-state index in [2.05, 4.69) is 21.2 Å². The minimum Gasteiger partial charge on any atom is -0.408 e. The Labute approximate surface area is 128 Å². The first-order chi connectivity index (χ1) is 10.0. The minimum absolute atomic E-state index is 0.247. The van der Waals surface area contributed by atoms with Crippen molar-refractivity contribution in [3.05, 3.63) is 63.1 Å². The summed E-state index contributed by atoms with van der Waals surface area (Å²) in [6, 6.07) is 12.2. The molecular formula is C15H11BrN2O3. The van der Waals surface area contributed by atoms with E-state index in [0.717, 1.165) is 4.47 Å². The SMILES string of the molecule is Cn1c(=O)oc2ccc(C(=O)Nc3cccc(Br)c3)cc21. The van der Waals surface area contributed by atoms with Gasteiger partial charge >= 0.3 is 5.76 Å². The van der Waals surface area contributed by atoms with Gasteiger partial charge in [-0.3, -0.25) is 9.36 Å². The highest BCUT2D eigenvalue weighted by atomic mass is 79.9. The van der Waals surface area contributed by atoms with Gasteiger partial charge in [-0.05, 0) is 36.4 Å². The molecule has 0 aliphatic carbocycles. The van der Waals surface area contributed by atoms with Gasteiger partial charge in [0.05, 0.1) is 5.52 Å². The molecule has 1 aromatic heterocycles. The van der Waals surface area contributed by atoms with Crippen molar-refractivity contribution in [3.8, 4) is 0 Å². The quantitative estimate of drug-likeness (QED) is 0.775. The topological polar surface area (TPSA) is 64.2 Å². The number of nitrogens with one attached hydrogen (secondary N) is 1. The number of anilines is 1. The summed E-state index contributed by atoms with van der Waals surface area (Å²) in [5.41, 5.74) is 2.19. The Kier molecular flexibility index (Phi) is 3.39. The van der Waals surface area contributed by atoms with Crippen LogP contribution in [0, 0.1) is 0 Å². The lowest BCUT2D eigenvalue weighted by Gasteiger charge is -2.05. The standard InChI is InChI=1S/C15H11BrN2O3/c1-18-12-7-9(5-6-13(12)21-15(18)20)14(19)17-11-4-2-3-10(16)8-11/h2-8H,1H3,(H,17,19). The number of aryl methyl sites for hydroxylation is 1. The average Bonchev–Trinajstić information content (AvgIpc) is 2.74. The van der Waals surface area contributed by atoms with Gasteiger partial charge < -0.3 is 9.73 Å². The van der Waals surface area contributed by atoms with Crippen LogP contribution in [0.5, 0.6) is 0 Å². The highest BCUT2D eigenvalue weighted by Gasteiger charge is 2.11. The van der Waals surface area contributed by atoms with Gasteiger partial charge in [0.1, 0.15) is 0 Å². The lowest BCUT2D eigenvalue weighted by atomic mass is 10.2. The third-order valence-corrected chi connectivity index (χ3v) is 3.63. The molecule has 1 N–H and O–H groups in total. The van der Waals surface area contributed by atoms with Crippen molar-refractivity contribution in [2.24, 2.45) is 7.05 Å². The van der Waals surface area contributed by atoms with Crippen molar-refractivity contribution in [2.45, 2.75) is 0 Å². The number of benzene rings is 2. The first-order valence-electron chi connectivity index (χ1n) is 6.21. The van der Waals surface area contributed by atoms with Crippen molar-refractivity contribution in [1.29, 1.82) is 0 Å². The second kappa shape index (κ2) is 5.21. The molecule has 0 saturated heterocycles. The van der Waals surface area contributed by atoms with E-state index in [4.69, 9.17) is 4.42 Å². The predicted molar refractivity (Wildman–Crippen MR) is 83.6 cm³/mol. The maximum Gasteiger partial charge on any atom is 0.419 e. The number of hydrogen-bond donors (Lipinski definition) is 1. The van der Waals surface area contributed by atoms with Crippen LogP contribution in [-0.2, 0) is 7.05 Å². The summed E-state index contributed by atoms with van der Waals surface area (Å²) in [4.78, 5) is 23.7. The van der Waals surface area contributed by atoms with E-state index >= 15 is 0 Å². The lowest BCUT2D eigenvalue weighted by molar-refractivity contribution is 0.102. The Morgan fingerprint density at radius 1 is 1.24 bits per heavy atom. The van der Waals surface area contributed by atoms with Crippen LogP contribution in [0.4, 0.5) is 5.69 Å². The molecule has 0 aliphatic heterocycles. The van der Waals surface area contributed by atoms with E-state index in [9.17, 15) is 9.59 Å². The zero-order valence-corrected chi connectivity index (χ0v) is 12.7. The van der Waals surface area contributed by atoms with Gasteiger partial charge in [0, 0.05) is 22.8 Å². The average molecular weight is 347 g/mol. The Balaban J connectivity index is 1.94. The Bertz CT molecular complexity index is 895. The molecule has 0 radical (unpaired) electrons. The van der Waals surface area contributed by atoms with E-state index in [-0.39, 0.29) is 5.91 Å². The number of amides is 1. The molecular weight excluding hydrogens is 336 g/mol. The zero-order chi connectivity index (χ0) is 15.0. The minimum atomic E-state index is -0.449. The molecule has 1 heterocycles. The van der Waals surface area contributed by atoms with Crippen LogP contribution in [0.2, 0.25) is 0 Å². The van der Waals surface area contributed by atoms with E-state index in [1.807, 2.05) is 18.2 Å². The molecule has 0 atom stereocenters. The van der Waals surface area contributed by atoms with Crippen LogP contribution in [0.25, 0.3) is 11.1 Å². The van der Waals surface area contributed by atoms with Gasteiger partial charge in [-0.15, -0.1) is 0 Å². The maximum atomic E-state index is 12.2. The van der Waals surface area contributed by atoms with Gasteiger partial charge in [-0.2, -0.15) is 0 Å². The Morgan fingerprint density at radius 2 is 2.05 bits per heavy atom. The maximum absolute atomic E-state index is 12.2. The molecule has 2 aromatic carbocycles. The number of fused-ring (bicyclic) bond motifs is 1. The smallest absolute Gasteiger partial charge is 0.408 e. The van der Waals surface area contributed by atoms with Crippen molar-refractivity contribution < 1.29 is 9.21 Å². The number of hydrogen-bond acceptors (Lipinski definition) is 3. The fraction of sp³-hybridized carbons (Fsp3) is 0.0667. The van der Waals surface area contributed by atoms with E-state index in [1.165, 1.54) is 4.57 Å². The summed E-state index contributed by atoms with van der Waals surface area (Å²) in [7, 11) is 1.60. The largest absolute Gasteiger partial charge is 0.419 e. The molecule has 6 heteroatoms. The number of nitrogens with zero attached hydrogens (tertiary/aromatic N) is 1. The number of aromatic nitrogens is 1. The molecule has 0 saturated carbocycles. The predicted octanol–water partition coefficient (Wildman–Crippen LogP) is 3.15. The van der Waals surface area contributed by atoms with Crippen molar-refractivity contribution >= 4 is 38.6 Å². The normalized spacial score (nSPS) is 10.8. The molecule has 0 fully saturated rings. The Hall–Kier alpha value is -2.34. The molecule has 0 aliphatic rings. The first kappa shape index (κ1) is 13.6. The van der Waals surface area contributed by atoms with Gasteiger partial charge in [-0.25, -0.2) is 4.79 Å². The van der Waals surface area contributed by atoms with E-state index in [0.29, 0.717) is 22.4 Å². The fourth-order valence-electron chi connectivity index (χ4n) is 2.04. The molecule has 0 bridgehead atoms. The summed E-state index contributed by atoms with van der Waals surface area (Å²) >= 11 is 3.35. The van der Waals surface area contributed by atoms with Gasteiger partial charge in [0.25, 0.3) is 5.91 Å². The summed E-state index contributed by atoms with van der Waals surface area (Å²) in [6.45, 7) is 0. The summed E-state index contributed by atoms with van der Waals surface area (Å²) in [5, 5.41) is 2.80. The molecule has 0 unspecified atom stereocenters. The highest BCUT2D eigenvalue weighted by molar-refractivity contribution is 9.10. The summed E-state index contributed by atoms with van der Waals surface area (Å²) in [6.07, 6.45) is 0. The van der Waals surface area contributed by atoms with Crippen LogP contribution in [0.15, 0.2) is 56.1 Å². The van der Waals surface area contributed by atoms with E-state index in [1.54, 1.807) is 31.3 Å². The summed E-state index contributed by atoms with van der Waals surface area (Å²) in [5.74, 6) is -0.696. The number of rotatable bonds is 2. The molecule has 5 nitrogen and oxygen atoms in total. The fourth-order valence-corrected chi connectivity index (χ4v) is 2.44. The molecule has 21 heavy (non-hydrogen) atoms. The zero-order valence-electron chi connectivity index (χ0n) is 11.1. The van der Waals surface area contributed by atoms with Crippen LogP contribution < -0.4 is 11.1 Å². The van der Waals surface area contributed by atoms with Crippen molar-refractivity contribution in [2.75, 3.05) is 5.32 Å². The number of carbonyl (C=O) groups excluding carboxylic acids is 1. The van der Waals surface area contributed by atoms with E-state index < -0.39 is 5.76 Å². The van der Waals surface area contributed by atoms with Gasteiger partial charge in [-0.1, -0.05) is 22.0 Å². The number of oxazole rings is 1. The lowest BCUT2D eigenvalue weighted by Crippen LogP contribution is -2.12. The molecule has 0 spiro atoms. The third kappa shape index (κ3) is 2.62. The van der Waals surface area contributed by atoms with Gasteiger partial charge in [0.15, 0.2) is 5.58 Å².